The molecule has 0 aliphatic heterocycles. The van der Waals surface area contributed by atoms with Gasteiger partial charge < -0.3 is 0 Å². The summed E-state index contributed by atoms with van der Waals surface area (Å²) in [4.78, 5) is 12.4. The first-order valence-electron chi connectivity index (χ1n) is 6.70. The number of ketones is 1. The molecule has 1 heterocycles. The second-order valence-electron chi connectivity index (χ2n) is 4.61. The Hall–Kier alpha value is -0.590. The average Bonchev–Trinajstić information content (AvgIpc) is 2.78. The topological polar surface area (TPSA) is 34.9 Å². The molecular weight excluding hydrogens is 422 g/mol. The lowest BCUT2D eigenvalue weighted by atomic mass is 10.1. The third-order valence-electron chi connectivity index (χ3n) is 3.26. The highest BCUT2D eigenvalue weighted by molar-refractivity contribution is 14.1. The van der Waals surface area contributed by atoms with Crippen LogP contribution in [0, 0.1) is 3.57 Å². The summed E-state index contributed by atoms with van der Waals surface area (Å²) in [5.41, 5.74) is 2.20. The molecule has 0 aliphatic rings. The van der Waals surface area contributed by atoms with Crippen molar-refractivity contribution in [3.05, 3.63) is 48.8 Å². The van der Waals surface area contributed by atoms with E-state index in [4.69, 9.17) is 23.2 Å². The molecule has 112 valence electrons. The van der Waals surface area contributed by atoms with Crippen molar-refractivity contribution in [3.63, 3.8) is 0 Å². The monoisotopic (exact) mass is 436 g/mol. The molecule has 1 aromatic carbocycles. The Bertz CT molecular complexity index is 683. The number of aromatic nitrogens is 2. The minimum absolute atomic E-state index is 0.00699. The molecule has 0 saturated heterocycles. The maximum Gasteiger partial charge on any atom is 0.168 e. The SMILES string of the molecule is CCc1nn(CC)c(CC(=O)c2ccc(I)c(Cl)c2)c1Cl. The molecule has 0 aliphatic carbocycles. The molecule has 0 unspecified atom stereocenters. The zero-order valence-electron chi connectivity index (χ0n) is 11.8. The number of carbonyl (C=O) groups is 1. The predicted octanol–water partition coefficient (Wildman–Crippen LogP) is 4.80. The van der Waals surface area contributed by atoms with Crippen LogP contribution in [0.15, 0.2) is 18.2 Å². The molecule has 0 atom stereocenters. The van der Waals surface area contributed by atoms with Crippen molar-refractivity contribution in [2.75, 3.05) is 0 Å². The van der Waals surface area contributed by atoms with Crippen molar-refractivity contribution in [3.8, 4) is 0 Å². The van der Waals surface area contributed by atoms with E-state index in [2.05, 4.69) is 27.7 Å². The van der Waals surface area contributed by atoms with E-state index in [9.17, 15) is 4.79 Å². The first kappa shape index (κ1) is 16.8. The standard InChI is InChI=1S/C15H15Cl2IN2O/c1-3-12-15(17)13(20(4-2)19-12)8-14(21)9-5-6-11(18)10(16)7-9/h5-7H,3-4,8H2,1-2H3. The minimum atomic E-state index is -0.00699. The van der Waals surface area contributed by atoms with E-state index in [1.807, 2.05) is 19.9 Å². The Labute approximate surface area is 147 Å². The van der Waals surface area contributed by atoms with Gasteiger partial charge in [-0.15, -0.1) is 0 Å². The van der Waals surface area contributed by atoms with E-state index in [-0.39, 0.29) is 12.2 Å². The molecular formula is C15H15Cl2IN2O. The maximum absolute atomic E-state index is 12.4. The van der Waals surface area contributed by atoms with Gasteiger partial charge in [-0.05, 0) is 48.1 Å². The van der Waals surface area contributed by atoms with Crippen molar-refractivity contribution < 1.29 is 4.79 Å². The molecule has 6 heteroatoms. The Kier molecular flexibility index (Phi) is 5.68. The lowest BCUT2D eigenvalue weighted by Crippen LogP contribution is -2.10. The number of benzene rings is 1. The Morgan fingerprint density at radius 1 is 1.33 bits per heavy atom. The van der Waals surface area contributed by atoms with Crippen molar-refractivity contribution in [2.45, 2.75) is 33.2 Å². The summed E-state index contributed by atoms with van der Waals surface area (Å²) in [6.07, 6.45) is 0.985. The number of halogens is 3. The highest BCUT2D eigenvalue weighted by Crippen LogP contribution is 2.25. The minimum Gasteiger partial charge on any atom is -0.294 e. The zero-order valence-corrected chi connectivity index (χ0v) is 15.5. The van der Waals surface area contributed by atoms with Gasteiger partial charge in [0.1, 0.15) is 0 Å². The molecule has 0 radical (unpaired) electrons. The van der Waals surface area contributed by atoms with E-state index >= 15 is 0 Å². The van der Waals surface area contributed by atoms with Crippen LogP contribution in [0.5, 0.6) is 0 Å². The van der Waals surface area contributed by atoms with Crippen LogP contribution in [0.2, 0.25) is 10.0 Å². The zero-order chi connectivity index (χ0) is 15.6. The van der Waals surface area contributed by atoms with Gasteiger partial charge in [0.25, 0.3) is 0 Å². The van der Waals surface area contributed by atoms with Gasteiger partial charge >= 0.3 is 0 Å². The number of hydrogen-bond acceptors (Lipinski definition) is 2. The number of rotatable bonds is 5. The maximum atomic E-state index is 12.4. The fraction of sp³-hybridized carbons (Fsp3) is 0.333. The van der Waals surface area contributed by atoms with Gasteiger partial charge in [-0.3, -0.25) is 9.48 Å². The molecule has 0 fully saturated rings. The fourth-order valence-electron chi connectivity index (χ4n) is 2.11. The number of aryl methyl sites for hydroxylation is 2. The van der Waals surface area contributed by atoms with Gasteiger partial charge in [-0.1, -0.05) is 36.2 Å². The average molecular weight is 437 g/mol. The Balaban J connectivity index is 2.31. The van der Waals surface area contributed by atoms with Gasteiger partial charge in [0.15, 0.2) is 5.78 Å². The van der Waals surface area contributed by atoms with Gasteiger partial charge in [-0.2, -0.15) is 5.10 Å². The number of nitrogens with zero attached hydrogens (tertiary/aromatic N) is 2. The van der Waals surface area contributed by atoms with E-state index in [1.54, 1.807) is 16.8 Å². The Morgan fingerprint density at radius 2 is 2.05 bits per heavy atom. The van der Waals surface area contributed by atoms with E-state index in [0.29, 0.717) is 22.2 Å². The van der Waals surface area contributed by atoms with Crippen molar-refractivity contribution >= 4 is 51.6 Å². The summed E-state index contributed by atoms with van der Waals surface area (Å²) in [6.45, 7) is 4.67. The lowest BCUT2D eigenvalue weighted by Gasteiger charge is -2.06. The van der Waals surface area contributed by atoms with Gasteiger partial charge in [0, 0.05) is 15.7 Å². The van der Waals surface area contributed by atoms with Crippen LogP contribution in [0.3, 0.4) is 0 Å². The third kappa shape index (κ3) is 3.60. The van der Waals surface area contributed by atoms with Crippen LogP contribution >= 0.6 is 45.8 Å². The molecule has 0 amide bonds. The van der Waals surface area contributed by atoms with E-state index in [0.717, 1.165) is 21.4 Å². The molecule has 21 heavy (non-hydrogen) atoms. The highest BCUT2D eigenvalue weighted by Gasteiger charge is 2.18. The summed E-state index contributed by atoms with van der Waals surface area (Å²) in [5, 5.41) is 5.62. The molecule has 0 spiro atoms. The summed E-state index contributed by atoms with van der Waals surface area (Å²) in [5.74, 6) is -0.00699. The van der Waals surface area contributed by atoms with Gasteiger partial charge in [0.05, 0.1) is 27.9 Å². The molecule has 0 N–H and O–H groups in total. The van der Waals surface area contributed by atoms with Crippen molar-refractivity contribution in [1.29, 1.82) is 0 Å². The van der Waals surface area contributed by atoms with Gasteiger partial charge in [0.2, 0.25) is 0 Å². The molecule has 2 rings (SSSR count). The van der Waals surface area contributed by atoms with Crippen LogP contribution < -0.4 is 0 Å². The number of carbonyl (C=O) groups excluding carboxylic acids is 1. The van der Waals surface area contributed by atoms with E-state index in [1.165, 1.54) is 0 Å². The molecule has 2 aromatic rings. The third-order valence-corrected chi connectivity index (χ3v) is 5.27. The molecule has 0 bridgehead atoms. The predicted molar refractivity (Wildman–Crippen MR) is 94.5 cm³/mol. The largest absolute Gasteiger partial charge is 0.294 e. The number of Topliss-reactive ketones (excluding diaryl/α,β-unsaturated/α-hetero) is 1. The van der Waals surface area contributed by atoms with Crippen LogP contribution in [-0.4, -0.2) is 15.6 Å². The van der Waals surface area contributed by atoms with Gasteiger partial charge in [-0.25, -0.2) is 0 Å². The summed E-state index contributed by atoms with van der Waals surface area (Å²) in [6, 6.07) is 5.33. The first-order valence-corrected chi connectivity index (χ1v) is 8.53. The lowest BCUT2D eigenvalue weighted by molar-refractivity contribution is 0.0990. The summed E-state index contributed by atoms with van der Waals surface area (Å²) < 4.78 is 2.73. The molecule has 3 nitrogen and oxygen atoms in total. The normalized spacial score (nSPS) is 10.9. The van der Waals surface area contributed by atoms with Crippen molar-refractivity contribution in [1.82, 2.24) is 9.78 Å². The smallest absolute Gasteiger partial charge is 0.168 e. The second kappa shape index (κ2) is 7.11. The quantitative estimate of drug-likeness (QED) is 0.498. The Morgan fingerprint density at radius 3 is 2.62 bits per heavy atom. The van der Waals surface area contributed by atoms with Crippen LogP contribution in [0.4, 0.5) is 0 Å². The van der Waals surface area contributed by atoms with Crippen LogP contribution in [0.25, 0.3) is 0 Å². The number of hydrogen-bond donors (Lipinski definition) is 0. The molecule has 1 aromatic heterocycles. The summed E-state index contributed by atoms with van der Waals surface area (Å²) in [7, 11) is 0. The highest BCUT2D eigenvalue weighted by atomic mass is 127. The van der Waals surface area contributed by atoms with Crippen LogP contribution in [0.1, 0.15) is 35.6 Å². The van der Waals surface area contributed by atoms with Crippen molar-refractivity contribution in [2.24, 2.45) is 0 Å². The fourth-order valence-corrected chi connectivity index (χ4v) is 2.96. The van der Waals surface area contributed by atoms with Crippen LogP contribution in [-0.2, 0) is 19.4 Å². The first-order chi connectivity index (χ1) is 9.97. The summed E-state index contributed by atoms with van der Waals surface area (Å²) >= 11 is 14.5. The molecule has 0 saturated carbocycles. The van der Waals surface area contributed by atoms with E-state index < -0.39 is 0 Å². The second-order valence-corrected chi connectivity index (χ2v) is 6.55.